The molecule has 0 saturated carbocycles. The van der Waals surface area contributed by atoms with Gasteiger partial charge in [-0.05, 0) is 29.7 Å². The Bertz CT molecular complexity index is 770. The first-order chi connectivity index (χ1) is 14.3. The smallest absolute Gasteiger partial charge is 0.319 e. The Kier molecular flexibility index (Phi) is 6.77. The first-order valence-electron chi connectivity index (χ1n) is 10.4. The Morgan fingerprint density at radius 1 is 0.966 bits per heavy atom. The van der Waals surface area contributed by atoms with Crippen LogP contribution in [-0.2, 0) is 9.47 Å². The standard InChI is InChI=1S/C23H29N3O3/c27-23(25-21-8-6-19(7-9-21)18-4-2-1-3-5-18)24-16-22(20-10-13-29-17-20)26-11-14-28-15-12-26/h1-9,20,22H,10-17H2,(H2,24,25,27)/t20-,22+/m1/s1. The van der Waals surface area contributed by atoms with Crippen LogP contribution < -0.4 is 10.6 Å². The van der Waals surface area contributed by atoms with Crippen LogP contribution in [0.15, 0.2) is 54.6 Å². The van der Waals surface area contributed by atoms with E-state index in [9.17, 15) is 4.79 Å². The molecule has 2 heterocycles. The number of amides is 2. The van der Waals surface area contributed by atoms with E-state index in [1.807, 2.05) is 42.5 Å². The van der Waals surface area contributed by atoms with Gasteiger partial charge in [0.05, 0.1) is 19.8 Å². The molecule has 2 amide bonds. The molecule has 154 valence electrons. The van der Waals surface area contributed by atoms with E-state index in [2.05, 4.69) is 27.7 Å². The summed E-state index contributed by atoms with van der Waals surface area (Å²) in [5.74, 6) is 0.457. The lowest BCUT2D eigenvalue weighted by Gasteiger charge is -2.37. The minimum Gasteiger partial charge on any atom is -0.381 e. The zero-order valence-corrected chi connectivity index (χ0v) is 16.7. The van der Waals surface area contributed by atoms with Gasteiger partial charge in [0.15, 0.2) is 0 Å². The normalized spacial score (nSPS) is 20.9. The second-order valence-corrected chi connectivity index (χ2v) is 7.62. The third-order valence-corrected chi connectivity index (χ3v) is 5.75. The minimum atomic E-state index is -0.172. The highest BCUT2D eigenvalue weighted by molar-refractivity contribution is 5.89. The minimum absolute atomic E-state index is 0.172. The topological polar surface area (TPSA) is 62.8 Å². The van der Waals surface area contributed by atoms with E-state index in [1.54, 1.807) is 0 Å². The van der Waals surface area contributed by atoms with Crippen LogP contribution in [-0.4, -0.2) is 63.0 Å². The zero-order valence-electron chi connectivity index (χ0n) is 16.7. The third-order valence-electron chi connectivity index (χ3n) is 5.75. The summed E-state index contributed by atoms with van der Waals surface area (Å²) in [6.45, 7) is 5.52. The predicted molar refractivity (Wildman–Crippen MR) is 114 cm³/mol. The number of nitrogens with zero attached hydrogens (tertiary/aromatic N) is 1. The van der Waals surface area contributed by atoms with Crippen LogP contribution in [0.1, 0.15) is 6.42 Å². The molecule has 29 heavy (non-hydrogen) atoms. The highest BCUT2D eigenvalue weighted by atomic mass is 16.5. The number of urea groups is 1. The molecule has 0 aliphatic carbocycles. The van der Waals surface area contributed by atoms with Gasteiger partial charge in [-0.15, -0.1) is 0 Å². The third kappa shape index (κ3) is 5.35. The summed E-state index contributed by atoms with van der Waals surface area (Å²) in [5, 5.41) is 6.01. The van der Waals surface area contributed by atoms with E-state index in [0.29, 0.717) is 12.5 Å². The molecular weight excluding hydrogens is 366 g/mol. The molecule has 0 bridgehead atoms. The summed E-state index contributed by atoms with van der Waals surface area (Å²) >= 11 is 0. The second-order valence-electron chi connectivity index (χ2n) is 7.62. The average Bonchev–Trinajstić information content (AvgIpc) is 3.30. The van der Waals surface area contributed by atoms with Crippen molar-refractivity contribution in [2.45, 2.75) is 12.5 Å². The number of anilines is 1. The Labute approximate surface area is 172 Å². The number of carbonyl (C=O) groups excluding carboxylic acids is 1. The van der Waals surface area contributed by atoms with E-state index in [-0.39, 0.29) is 12.1 Å². The molecule has 0 unspecified atom stereocenters. The number of hydrogen-bond donors (Lipinski definition) is 2. The number of rotatable bonds is 6. The molecule has 2 aromatic carbocycles. The predicted octanol–water partition coefficient (Wildman–Crippen LogP) is 3.21. The molecule has 0 spiro atoms. The number of hydrogen-bond acceptors (Lipinski definition) is 4. The summed E-state index contributed by atoms with van der Waals surface area (Å²) < 4.78 is 11.1. The number of carbonyl (C=O) groups is 1. The van der Waals surface area contributed by atoms with Crippen LogP contribution in [0.3, 0.4) is 0 Å². The molecule has 2 aliphatic heterocycles. The molecule has 2 aromatic rings. The molecule has 0 radical (unpaired) electrons. The summed E-state index contributed by atoms with van der Waals surface area (Å²) in [5.41, 5.74) is 3.08. The second kappa shape index (κ2) is 9.87. The van der Waals surface area contributed by atoms with Crippen molar-refractivity contribution in [3.05, 3.63) is 54.6 Å². The van der Waals surface area contributed by atoms with E-state index in [0.717, 1.165) is 62.8 Å². The monoisotopic (exact) mass is 395 g/mol. The SMILES string of the molecule is O=C(NC[C@@H]([C@@H]1CCOC1)N1CCOCC1)Nc1ccc(-c2ccccc2)cc1. The van der Waals surface area contributed by atoms with Gasteiger partial charge in [-0.25, -0.2) is 4.79 Å². The van der Waals surface area contributed by atoms with Gasteiger partial charge in [-0.2, -0.15) is 0 Å². The van der Waals surface area contributed by atoms with Gasteiger partial charge in [0.2, 0.25) is 0 Å². The van der Waals surface area contributed by atoms with Crippen molar-refractivity contribution >= 4 is 11.7 Å². The van der Waals surface area contributed by atoms with Crippen molar-refractivity contribution in [3.8, 4) is 11.1 Å². The molecule has 2 atom stereocenters. The highest BCUT2D eigenvalue weighted by Gasteiger charge is 2.31. The van der Waals surface area contributed by atoms with Gasteiger partial charge in [-0.3, -0.25) is 4.90 Å². The van der Waals surface area contributed by atoms with Gasteiger partial charge in [-0.1, -0.05) is 42.5 Å². The molecule has 0 aromatic heterocycles. The fourth-order valence-electron chi connectivity index (χ4n) is 4.11. The summed E-state index contributed by atoms with van der Waals surface area (Å²) in [4.78, 5) is 14.9. The fourth-order valence-corrected chi connectivity index (χ4v) is 4.11. The van der Waals surface area contributed by atoms with E-state index < -0.39 is 0 Å². The van der Waals surface area contributed by atoms with Gasteiger partial charge in [0.25, 0.3) is 0 Å². The molecular formula is C23H29N3O3. The molecule has 6 heteroatoms. The lowest BCUT2D eigenvalue weighted by molar-refractivity contribution is 0.00222. The molecule has 4 rings (SSSR count). The van der Waals surface area contributed by atoms with Crippen molar-refractivity contribution < 1.29 is 14.3 Å². The number of nitrogens with one attached hydrogen (secondary N) is 2. The van der Waals surface area contributed by atoms with E-state index in [4.69, 9.17) is 9.47 Å². The Hall–Kier alpha value is -2.41. The van der Waals surface area contributed by atoms with Crippen LogP contribution in [0.5, 0.6) is 0 Å². The van der Waals surface area contributed by atoms with Gasteiger partial charge < -0.3 is 20.1 Å². The number of morpholine rings is 1. The first-order valence-corrected chi connectivity index (χ1v) is 10.4. The van der Waals surface area contributed by atoms with Crippen LogP contribution in [0.25, 0.3) is 11.1 Å². The largest absolute Gasteiger partial charge is 0.381 e. The van der Waals surface area contributed by atoms with Gasteiger partial charge >= 0.3 is 6.03 Å². The van der Waals surface area contributed by atoms with Crippen molar-refractivity contribution in [2.24, 2.45) is 5.92 Å². The lowest BCUT2D eigenvalue weighted by atomic mass is 9.97. The molecule has 2 saturated heterocycles. The van der Waals surface area contributed by atoms with E-state index in [1.165, 1.54) is 0 Å². The number of benzene rings is 2. The number of ether oxygens (including phenoxy) is 2. The van der Waals surface area contributed by atoms with Crippen LogP contribution in [0.4, 0.5) is 10.5 Å². The Morgan fingerprint density at radius 3 is 2.38 bits per heavy atom. The van der Waals surface area contributed by atoms with Crippen LogP contribution >= 0.6 is 0 Å². The van der Waals surface area contributed by atoms with Crippen LogP contribution in [0, 0.1) is 5.92 Å². The van der Waals surface area contributed by atoms with Crippen molar-refractivity contribution in [2.75, 3.05) is 51.4 Å². The summed E-state index contributed by atoms with van der Waals surface area (Å²) in [6, 6.07) is 18.2. The maximum atomic E-state index is 12.5. The zero-order chi connectivity index (χ0) is 19.9. The first kappa shape index (κ1) is 19.9. The van der Waals surface area contributed by atoms with Crippen molar-refractivity contribution in [1.29, 1.82) is 0 Å². The summed E-state index contributed by atoms with van der Waals surface area (Å²) in [6.07, 6.45) is 1.05. The summed E-state index contributed by atoms with van der Waals surface area (Å²) in [7, 11) is 0. The molecule has 2 aliphatic rings. The Balaban J connectivity index is 1.32. The maximum Gasteiger partial charge on any atom is 0.319 e. The van der Waals surface area contributed by atoms with E-state index >= 15 is 0 Å². The lowest BCUT2D eigenvalue weighted by Crippen LogP contribution is -2.52. The molecule has 2 N–H and O–H groups in total. The molecule has 2 fully saturated rings. The fraction of sp³-hybridized carbons (Fsp3) is 0.435. The van der Waals surface area contributed by atoms with Crippen molar-refractivity contribution in [3.63, 3.8) is 0 Å². The van der Waals surface area contributed by atoms with Crippen LogP contribution in [0.2, 0.25) is 0 Å². The highest BCUT2D eigenvalue weighted by Crippen LogP contribution is 2.23. The van der Waals surface area contributed by atoms with Gasteiger partial charge in [0, 0.05) is 43.9 Å². The molecule has 6 nitrogen and oxygen atoms in total. The maximum absolute atomic E-state index is 12.5. The quantitative estimate of drug-likeness (QED) is 0.788. The van der Waals surface area contributed by atoms with Crippen molar-refractivity contribution in [1.82, 2.24) is 10.2 Å². The average molecular weight is 396 g/mol. The Morgan fingerprint density at radius 2 is 1.69 bits per heavy atom. The van der Waals surface area contributed by atoms with Gasteiger partial charge in [0.1, 0.15) is 0 Å².